The summed E-state index contributed by atoms with van der Waals surface area (Å²) < 4.78 is 29.0. The Morgan fingerprint density at radius 2 is 1.71 bits per heavy atom. The second kappa shape index (κ2) is 9.02. The van der Waals surface area contributed by atoms with Gasteiger partial charge in [0.25, 0.3) is 0 Å². The summed E-state index contributed by atoms with van der Waals surface area (Å²) >= 11 is 0. The molecule has 8 nitrogen and oxygen atoms in total. The molecule has 3 aliphatic heterocycles. The number of hydrogen-bond acceptors (Lipinski definition) is 5. The van der Waals surface area contributed by atoms with Gasteiger partial charge in [0.05, 0.1) is 11.0 Å². The fraction of sp³-hybridized carbons (Fsp3) is 0.560. The predicted molar refractivity (Wildman–Crippen MR) is 132 cm³/mol. The maximum atomic E-state index is 13.7. The molecule has 5 rings (SSSR count). The number of nitrogens with one attached hydrogen (secondary N) is 1. The van der Waals surface area contributed by atoms with Crippen molar-refractivity contribution in [2.45, 2.75) is 67.6 Å². The Morgan fingerprint density at radius 3 is 2.41 bits per heavy atom. The molecule has 4 atom stereocenters. The number of carbonyl (C=O) groups is 1. The third-order valence-corrected chi connectivity index (χ3v) is 9.54. The summed E-state index contributed by atoms with van der Waals surface area (Å²) in [6, 6.07) is 11.0. The number of sulfonamides is 1. The summed E-state index contributed by atoms with van der Waals surface area (Å²) in [5.41, 5.74) is 0.972. The molecule has 0 aromatic heterocycles. The fourth-order valence-electron chi connectivity index (χ4n) is 6.03. The number of amides is 2. The van der Waals surface area contributed by atoms with Gasteiger partial charge in [-0.25, -0.2) is 13.2 Å². The molecule has 2 N–H and O–H groups in total. The molecule has 3 aliphatic rings. The number of aliphatic hydroxyl groups excluding tert-OH is 1. The molecule has 0 saturated carbocycles. The van der Waals surface area contributed by atoms with Gasteiger partial charge in [-0.15, -0.1) is 0 Å². The maximum Gasteiger partial charge on any atom is 0.318 e. The van der Waals surface area contributed by atoms with Crippen LogP contribution in [0.5, 0.6) is 0 Å². The monoisotopic (exact) mass is 486 g/mol. The highest BCUT2D eigenvalue weighted by molar-refractivity contribution is 7.89. The van der Waals surface area contributed by atoms with Crippen LogP contribution in [0.15, 0.2) is 41.3 Å². The van der Waals surface area contributed by atoms with Gasteiger partial charge in [-0.2, -0.15) is 4.31 Å². The number of fused-ring (bicyclic) bond motifs is 3. The van der Waals surface area contributed by atoms with E-state index in [1.807, 2.05) is 48.2 Å². The molecule has 184 valence electrons. The summed E-state index contributed by atoms with van der Waals surface area (Å²) in [4.78, 5) is 17.3. The van der Waals surface area contributed by atoms with Crippen LogP contribution in [0.4, 0.5) is 10.5 Å². The van der Waals surface area contributed by atoms with E-state index in [0.717, 1.165) is 30.3 Å². The van der Waals surface area contributed by atoms with Crippen molar-refractivity contribution in [2.75, 3.05) is 32.1 Å². The number of hydrogen-bond donors (Lipinski definition) is 2. The third-order valence-electron chi connectivity index (χ3n) is 7.61. The maximum absolute atomic E-state index is 13.7. The van der Waals surface area contributed by atoms with Crippen LogP contribution in [0.3, 0.4) is 0 Å². The van der Waals surface area contributed by atoms with Crippen LogP contribution in [0, 0.1) is 0 Å². The van der Waals surface area contributed by atoms with E-state index in [4.69, 9.17) is 0 Å². The lowest BCUT2D eigenvalue weighted by Gasteiger charge is -2.39. The largest absolute Gasteiger partial charge is 0.393 e. The van der Waals surface area contributed by atoms with Gasteiger partial charge in [-0.1, -0.05) is 24.3 Å². The first kappa shape index (κ1) is 23.4. The van der Waals surface area contributed by atoms with Crippen molar-refractivity contribution >= 4 is 32.5 Å². The summed E-state index contributed by atoms with van der Waals surface area (Å²) in [6.45, 7) is 0.712. The topological polar surface area (TPSA) is 93.2 Å². The van der Waals surface area contributed by atoms with Gasteiger partial charge < -0.3 is 20.2 Å². The lowest BCUT2D eigenvalue weighted by atomic mass is 10.0. The minimum atomic E-state index is -3.72. The Morgan fingerprint density at radius 1 is 1.03 bits per heavy atom. The molecule has 2 aromatic rings. The molecule has 2 aromatic carbocycles. The van der Waals surface area contributed by atoms with E-state index in [2.05, 4.69) is 5.32 Å². The molecule has 0 aliphatic carbocycles. The Labute approximate surface area is 201 Å². The number of rotatable bonds is 4. The summed E-state index contributed by atoms with van der Waals surface area (Å²) in [5.74, 6) is 0. The Balaban J connectivity index is 1.35. The number of anilines is 1. The van der Waals surface area contributed by atoms with E-state index in [0.29, 0.717) is 36.1 Å². The molecule has 2 bridgehead atoms. The van der Waals surface area contributed by atoms with Crippen molar-refractivity contribution in [3.63, 3.8) is 0 Å². The van der Waals surface area contributed by atoms with Gasteiger partial charge in [-0.3, -0.25) is 0 Å². The summed E-state index contributed by atoms with van der Waals surface area (Å²) in [7, 11) is 0.171. The standard InChI is InChI=1S/C25H34N4O4S/c1-27(2)23-9-3-8-22-21(23)7-4-10-24(22)34(32,33)28-13-5-6-17(16-28)26-25(31)29-18-11-12-19(29)15-20(30)14-18/h3-4,7-10,17-20,30H,5-6,11-16H2,1-2H3,(H,26,31)/t17-,18-,19+,20+/m0/s1. The Bertz CT molecular complexity index is 1170. The number of piperidine rings is 2. The van der Waals surface area contributed by atoms with Crippen molar-refractivity contribution in [1.82, 2.24) is 14.5 Å². The molecule has 2 amide bonds. The van der Waals surface area contributed by atoms with Crippen molar-refractivity contribution in [1.29, 1.82) is 0 Å². The van der Waals surface area contributed by atoms with Crippen LogP contribution in [-0.2, 0) is 10.0 Å². The smallest absolute Gasteiger partial charge is 0.318 e. The number of carbonyl (C=O) groups excluding carboxylic acids is 1. The van der Waals surface area contributed by atoms with Gasteiger partial charge in [0.15, 0.2) is 0 Å². The zero-order valence-electron chi connectivity index (χ0n) is 19.9. The van der Waals surface area contributed by atoms with Gasteiger partial charge >= 0.3 is 6.03 Å². The minimum absolute atomic E-state index is 0.0822. The number of urea groups is 1. The molecule has 0 unspecified atom stereocenters. The van der Waals surface area contributed by atoms with E-state index in [9.17, 15) is 18.3 Å². The zero-order chi connectivity index (χ0) is 24.0. The van der Waals surface area contributed by atoms with Gasteiger partial charge in [-0.05, 0) is 50.7 Å². The van der Waals surface area contributed by atoms with Crippen LogP contribution < -0.4 is 10.2 Å². The first-order valence-electron chi connectivity index (χ1n) is 12.2. The molecule has 3 fully saturated rings. The van der Waals surface area contributed by atoms with Crippen molar-refractivity contribution in [3.05, 3.63) is 36.4 Å². The van der Waals surface area contributed by atoms with E-state index in [1.165, 1.54) is 4.31 Å². The van der Waals surface area contributed by atoms with Gasteiger partial charge in [0.2, 0.25) is 10.0 Å². The lowest BCUT2D eigenvalue weighted by Crippen LogP contribution is -2.57. The van der Waals surface area contributed by atoms with Gasteiger partial charge in [0.1, 0.15) is 0 Å². The van der Waals surface area contributed by atoms with E-state index in [-0.39, 0.29) is 36.8 Å². The van der Waals surface area contributed by atoms with E-state index in [1.54, 1.807) is 12.1 Å². The summed E-state index contributed by atoms with van der Waals surface area (Å²) in [5, 5.41) is 14.8. The van der Waals surface area contributed by atoms with Crippen LogP contribution in [0.25, 0.3) is 10.8 Å². The first-order valence-corrected chi connectivity index (χ1v) is 13.7. The van der Waals surface area contributed by atoms with Crippen LogP contribution >= 0.6 is 0 Å². The average Bonchev–Trinajstić information content (AvgIpc) is 3.09. The first-order chi connectivity index (χ1) is 16.3. The molecule has 9 heteroatoms. The predicted octanol–water partition coefficient (Wildman–Crippen LogP) is 2.76. The van der Waals surface area contributed by atoms with Gasteiger partial charge in [0, 0.05) is 61.8 Å². The van der Waals surface area contributed by atoms with Crippen LogP contribution in [0.2, 0.25) is 0 Å². The molecule has 0 spiro atoms. The molecule has 34 heavy (non-hydrogen) atoms. The van der Waals surface area contributed by atoms with E-state index < -0.39 is 10.0 Å². The molecule has 0 radical (unpaired) electrons. The number of nitrogens with zero attached hydrogens (tertiary/aromatic N) is 3. The quantitative estimate of drug-likeness (QED) is 0.693. The highest BCUT2D eigenvalue weighted by Crippen LogP contribution is 2.36. The molecular weight excluding hydrogens is 452 g/mol. The highest BCUT2D eigenvalue weighted by atomic mass is 32.2. The Kier molecular flexibility index (Phi) is 6.20. The average molecular weight is 487 g/mol. The van der Waals surface area contributed by atoms with Crippen molar-refractivity contribution in [3.8, 4) is 0 Å². The molecular formula is C25H34N4O4S. The van der Waals surface area contributed by atoms with Crippen molar-refractivity contribution in [2.24, 2.45) is 0 Å². The fourth-order valence-corrected chi connectivity index (χ4v) is 7.76. The molecule has 3 saturated heterocycles. The highest BCUT2D eigenvalue weighted by Gasteiger charge is 2.43. The third kappa shape index (κ3) is 4.14. The normalized spacial score (nSPS) is 27.7. The van der Waals surface area contributed by atoms with Crippen LogP contribution in [0.1, 0.15) is 38.5 Å². The molecule has 3 heterocycles. The SMILES string of the molecule is CN(C)c1cccc2c(S(=O)(=O)N3CCC[C@H](NC(=O)N4[C@@H]5CC[C@H]4C[C@@H](O)C5)C3)cccc12. The second-order valence-electron chi connectivity index (χ2n) is 10.1. The lowest BCUT2D eigenvalue weighted by molar-refractivity contribution is 0.0528. The zero-order valence-corrected chi connectivity index (χ0v) is 20.7. The number of aliphatic hydroxyl groups is 1. The van der Waals surface area contributed by atoms with Crippen molar-refractivity contribution < 1.29 is 18.3 Å². The van der Waals surface area contributed by atoms with E-state index >= 15 is 0 Å². The Hall–Kier alpha value is -2.36. The minimum Gasteiger partial charge on any atom is -0.393 e. The van der Waals surface area contributed by atoms with Crippen LogP contribution in [-0.4, -0.2) is 80.2 Å². The number of benzene rings is 2. The second-order valence-corrected chi connectivity index (χ2v) is 12.0. The summed E-state index contributed by atoms with van der Waals surface area (Å²) in [6.07, 6.45) is 4.24.